The first-order valence-corrected chi connectivity index (χ1v) is 3.36. The van der Waals surface area contributed by atoms with Crippen molar-refractivity contribution in [3.05, 3.63) is 0 Å². The minimum absolute atomic E-state index is 0.171. The van der Waals surface area contributed by atoms with Crippen molar-refractivity contribution in [1.82, 2.24) is 0 Å². The summed E-state index contributed by atoms with van der Waals surface area (Å²) in [6, 6.07) is 0. The molecule has 0 spiro atoms. The quantitative estimate of drug-likeness (QED) is 0.622. The molecule has 0 saturated carbocycles. The van der Waals surface area contributed by atoms with Crippen LogP contribution in [0.1, 0.15) is 6.92 Å². The van der Waals surface area contributed by atoms with Gasteiger partial charge >= 0.3 is 0 Å². The van der Waals surface area contributed by atoms with Crippen LogP contribution in [-0.2, 0) is 9.47 Å². The number of ether oxygens (including phenoxy) is 2. The van der Waals surface area contributed by atoms with Crippen LogP contribution in [0, 0.1) is 0 Å². The zero-order valence-electron chi connectivity index (χ0n) is 5.97. The van der Waals surface area contributed by atoms with Crippen molar-refractivity contribution < 1.29 is 22.6 Å². The molecule has 11 heavy (non-hydrogen) atoms. The van der Waals surface area contributed by atoms with E-state index in [1.54, 1.807) is 6.92 Å². The maximum absolute atomic E-state index is 12.6. The Hall–Kier alpha value is -0.290. The summed E-state index contributed by atoms with van der Waals surface area (Å²) in [6.07, 6.45) is -7.80. The Kier molecular flexibility index (Phi) is 2.72. The maximum atomic E-state index is 12.6. The summed E-state index contributed by atoms with van der Waals surface area (Å²) < 4.78 is 45.9. The third kappa shape index (κ3) is 1.65. The molecule has 0 aromatic rings. The lowest BCUT2D eigenvalue weighted by Gasteiger charge is -2.10. The van der Waals surface area contributed by atoms with Crippen molar-refractivity contribution in [2.75, 3.05) is 6.61 Å². The second kappa shape index (κ2) is 3.40. The van der Waals surface area contributed by atoms with E-state index in [4.69, 9.17) is 0 Å². The number of alkyl halides is 3. The Labute approximate surface area is 62.3 Å². The molecule has 0 bridgehead atoms. The summed E-state index contributed by atoms with van der Waals surface area (Å²) in [5, 5.41) is 0. The van der Waals surface area contributed by atoms with E-state index in [9.17, 15) is 13.2 Å². The Morgan fingerprint density at radius 3 is 2.27 bits per heavy atom. The summed E-state index contributed by atoms with van der Waals surface area (Å²) in [5.41, 5.74) is 0. The van der Waals surface area contributed by atoms with Gasteiger partial charge in [0.05, 0.1) is 0 Å². The monoisotopic (exact) mass is 170 g/mol. The molecular formula is C6H9F3O2. The highest BCUT2D eigenvalue weighted by molar-refractivity contribution is 4.81. The topological polar surface area (TPSA) is 18.5 Å². The maximum Gasteiger partial charge on any atom is 0.235 e. The average Bonchev–Trinajstić information content (AvgIpc) is 2.19. The molecule has 66 valence electrons. The molecule has 0 aromatic carbocycles. The largest absolute Gasteiger partial charge is 0.350 e. The SMILES string of the molecule is CCOC1OC(F)C(F)C1F. The van der Waals surface area contributed by atoms with Crippen LogP contribution in [0.15, 0.2) is 0 Å². The molecule has 0 aromatic heterocycles. The van der Waals surface area contributed by atoms with Crippen LogP contribution in [0.4, 0.5) is 13.2 Å². The van der Waals surface area contributed by atoms with Crippen molar-refractivity contribution in [3.63, 3.8) is 0 Å². The molecule has 1 aliphatic rings. The van der Waals surface area contributed by atoms with Crippen molar-refractivity contribution in [2.24, 2.45) is 0 Å². The van der Waals surface area contributed by atoms with Gasteiger partial charge in [-0.25, -0.2) is 13.2 Å². The predicted molar refractivity (Wildman–Crippen MR) is 31.2 cm³/mol. The fourth-order valence-corrected chi connectivity index (χ4v) is 0.868. The van der Waals surface area contributed by atoms with Crippen LogP contribution < -0.4 is 0 Å². The van der Waals surface area contributed by atoms with Crippen LogP contribution in [0.2, 0.25) is 0 Å². The van der Waals surface area contributed by atoms with Crippen LogP contribution in [0.3, 0.4) is 0 Å². The summed E-state index contributed by atoms with van der Waals surface area (Å²) in [6.45, 7) is 1.76. The smallest absolute Gasteiger partial charge is 0.235 e. The molecule has 5 heteroatoms. The van der Waals surface area contributed by atoms with Crippen LogP contribution in [0.25, 0.3) is 0 Å². The standard InChI is InChI=1S/C6H9F3O2/c1-2-10-6-4(8)3(7)5(9)11-6/h3-6H,2H2,1H3. The van der Waals surface area contributed by atoms with E-state index in [-0.39, 0.29) is 6.61 Å². The van der Waals surface area contributed by atoms with Crippen LogP contribution in [0.5, 0.6) is 0 Å². The second-order valence-corrected chi connectivity index (χ2v) is 2.20. The predicted octanol–water partition coefficient (Wildman–Crippen LogP) is 1.35. The van der Waals surface area contributed by atoms with Gasteiger partial charge in [0, 0.05) is 6.61 Å². The van der Waals surface area contributed by atoms with Gasteiger partial charge in [0.2, 0.25) is 6.36 Å². The molecule has 2 nitrogen and oxygen atoms in total. The van der Waals surface area contributed by atoms with Gasteiger partial charge in [-0.3, -0.25) is 0 Å². The summed E-state index contributed by atoms with van der Waals surface area (Å²) in [5.74, 6) is 0. The van der Waals surface area contributed by atoms with E-state index in [0.717, 1.165) is 0 Å². The second-order valence-electron chi connectivity index (χ2n) is 2.20. The van der Waals surface area contributed by atoms with E-state index in [1.807, 2.05) is 0 Å². The normalized spacial score (nSPS) is 44.7. The van der Waals surface area contributed by atoms with Gasteiger partial charge in [-0.1, -0.05) is 0 Å². The van der Waals surface area contributed by atoms with E-state index in [0.29, 0.717) is 0 Å². The third-order valence-corrected chi connectivity index (χ3v) is 1.41. The first-order valence-electron chi connectivity index (χ1n) is 3.36. The summed E-state index contributed by atoms with van der Waals surface area (Å²) in [4.78, 5) is 0. The molecule has 1 saturated heterocycles. The first-order chi connectivity index (χ1) is 5.16. The Morgan fingerprint density at radius 1 is 1.27 bits per heavy atom. The molecule has 1 fully saturated rings. The van der Waals surface area contributed by atoms with E-state index < -0.39 is 25.0 Å². The van der Waals surface area contributed by atoms with E-state index in [2.05, 4.69) is 9.47 Å². The molecular weight excluding hydrogens is 161 g/mol. The first kappa shape index (κ1) is 8.80. The number of hydrogen-bond acceptors (Lipinski definition) is 2. The fourth-order valence-electron chi connectivity index (χ4n) is 0.868. The highest BCUT2D eigenvalue weighted by Gasteiger charge is 2.46. The van der Waals surface area contributed by atoms with Gasteiger partial charge in [-0.2, -0.15) is 0 Å². The number of halogens is 3. The molecule has 1 aliphatic heterocycles. The number of hydrogen-bond donors (Lipinski definition) is 0. The van der Waals surface area contributed by atoms with Crippen molar-refractivity contribution in [3.8, 4) is 0 Å². The number of rotatable bonds is 2. The van der Waals surface area contributed by atoms with Gasteiger partial charge in [-0.15, -0.1) is 0 Å². The zero-order valence-corrected chi connectivity index (χ0v) is 5.97. The summed E-state index contributed by atoms with van der Waals surface area (Å²) in [7, 11) is 0. The molecule has 4 unspecified atom stereocenters. The van der Waals surface area contributed by atoms with Crippen molar-refractivity contribution in [1.29, 1.82) is 0 Å². The fraction of sp³-hybridized carbons (Fsp3) is 1.00. The molecule has 1 rings (SSSR count). The molecule has 4 atom stereocenters. The summed E-state index contributed by atoms with van der Waals surface area (Å²) >= 11 is 0. The third-order valence-electron chi connectivity index (χ3n) is 1.41. The Bertz CT molecular complexity index is 133. The lowest BCUT2D eigenvalue weighted by molar-refractivity contribution is -0.174. The Morgan fingerprint density at radius 2 is 1.91 bits per heavy atom. The van der Waals surface area contributed by atoms with Crippen LogP contribution in [-0.4, -0.2) is 31.6 Å². The average molecular weight is 170 g/mol. The lowest BCUT2D eigenvalue weighted by atomic mass is 10.3. The molecule has 0 radical (unpaired) electrons. The molecule has 0 aliphatic carbocycles. The van der Waals surface area contributed by atoms with Gasteiger partial charge in [0.1, 0.15) is 0 Å². The van der Waals surface area contributed by atoms with Gasteiger partial charge in [-0.05, 0) is 6.92 Å². The minimum Gasteiger partial charge on any atom is -0.350 e. The van der Waals surface area contributed by atoms with Crippen molar-refractivity contribution >= 4 is 0 Å². The van der Waals surface area contributed by atoms with E-state index >= 15 is 0 Å². The van der Waals surface area contributed by atoms with Crippen LogP contribution >= 0.6 is 0 Å². The van der Waals surface area contributed by atoms with Gasteiger partial charge < -0.3 is 9.47 Å². The zero-order chi connectivity index (χ0) is 8.43. The highest BCUT2D eigenvalue weighted by atomic mass is 19.2. The molecule has 1 heterocycles. The van der Waals surface area contributed by atoms with Gasteiger partial charge in [0.15, 0.2) is 18.6 Å². The molecule has 0 N–H and O–H groups in total. The van der Waals surface area contributed by atoms with Crippen molar-refractivity contribution in [2.45, 2.75) is 31.9 Å². The highest BCUT2D eigenvalue weighted by Crippen LogP contribution is 2.27. The molecule has 0 amide bonds. The lowest BCUT2D eigenvalue weighted by Crippen LogP contribution is -2.25. The van der Waals surface area contributed by atoms with Gasteiger partial charge in [0.25, 0.3) is 0 Å². The van der Waals surface area contributed by atoms with E-state index in [1.165, 1.54) is 0 Å². The minimum atomic E-state index is -2.22. The Balaban J connectivity index is 2.45.